The Kier molecular flexibility index (Phi) is 2.49. The first-order chi connectivity index (χ1) is 5.52. The lowest BCUT2D eigenvalue weighted by Crippen LogP contribution is -2.34. The van der Waals surface area contributed by atoms with Crippen LogP contribution >= 0.6 is 0 Å². The summed E-state index contributed by atoms with van der Waals surface area (Å²) in [4.78, 5) is 10.5. The molecule has 0 aromatic carbocycles. The van der Waals surface area contributed by atoms with Crippen LogP contribution in [-0.2, 0) is 4.79 Å². The number of hydrogen-bond donors (Lipinski definition) is 3. The molecule has 1 aliphatic rings. The van der Waals surface area contributed by atoms with E-state index in [0.717, 1.165) is 0 Å². The predicted molar refractivity (Wildman–Crippen MR) is 41.5 cm³/mol. The molecule has 0 aromatic heterocycles. The third-order valence-electron chi connectivity index (χ3n) is 2.22. The lowest BCUT2D eigenvalue weighted by molar-refractivity contribution is -0.133. The minimum absolute atomic E-state index is 0.0908. The molecule has 1 aliphatic carbocycles. The van der Waals surface area contributed by atoms with Crippen LogP contribution in [0.3, 0.4) is 0 Å². The number of hydrogen-bond acceptors (Lipinski definition) is 3. The lowest BCUT2D eigenvalue weighted by Gasteiger charge is -2.27. The molecule has 0 aromatic rings. The van der Waals surface area contributed by atoms with Crippen molar-refractivity contribution in [3.63, 3.8) is 0 Å². The van der Waals surface area contributed by atoms with Gasteiger partial charge in [0.05, 0.1) is 12.2 Å². The highest BCUT2D eigenvalue weighted by molar-refractivity contribution is 5.87. The second-order valence-corrected chi connectivity index (χ2v) is 3.12. The summed E-state index contributed by atoms with van der Waals surface area (Å²) in [6.45, 7) is 1.68. The topological polar surface area (TPSA) is 77.8 Å². The van der Waals surface area contributed by atoms with E-state index in [4.69, 9.17) is 5.11 Å². The molecule has 0 heterocycles. The van der Waals surface area contributed by atoms with Crippen LogP contribution in [0.15, 0.2) is 11.6 Å². The molecule has 0 amide bonds. The average Bonchev–Trinajstić information content (AvgIpc) is 1.99. The molecule has 0 spiro atoms. The fraction of sp³-hybridized carbons (Fsp3) is 0.625. The van der Waals surface area contributed by atoms with Gasteiger partial charge in [0.15, 0.2) is 0 Å². The fourth-order valence-corrected chi connectivity index (χ4v) is 1.22. The summed E-state index contributed by atoms with van der Waals surface area (Å²) in [7, 11) is 0. The van der Waals surface area contributed by atoms with E-state index in [9.17, 15) is 15.0 Å². The standard InChI is InChI=1S/C8H12O4/c1-4-6(9)2-5(8(11)12)3-7(4)10/h2,4,6-7,9-10H,3H2,1H3,(H,11,12)/t4-,6+,7+/m1/s1. The van der Waals surface area contributed by atoms with E-state index in [0.29, 0.717) is 0 Å². The van der Waals surface area contributed by atoms with Crippen molar-refractivity contribution in [2.24, 2.45) is 5.92 Å². The minimum atomic E-state index is -1.07. The zero-order chi connectivity index (χ0) is 9.30. The second-order valence-electron chi connectivity index (χ2n) is 3.12. The predicted octanol–water partition coefficient (Wildman–Crippen LogP) is -0.241. The average molecular weight is 172 g/mol. The fourth-order valence-electron chi connectivity index (χ4n) is 1.22. The maximum atomic E-state index is 10.5. The Morgan fingerprint density at radius 2 is 2.17 bits per heavy atom. The maximum Gasteiger partial charge on any atom is 0.331 e. The summed E-state index contributed by atoms with van der Waals surface area (Å²) in [6.07, 6.45) is -0.191. The van der Waals surface area contributed by atoms with E-state index in [-0.39, 0.29) is 17.9 Å². The molecule has 0 unspecified atom stereocenters. The van der Waals surface area contributed by atoms with Crippen LogP contribution in [0, 0.1) is 5.92 Å². The summed E-state index contributed by atoms with van der Waals surface area (Å²) in [5, 5.41) is 27.1. The van der Waals surface area contributed by atoms with Crippen molar-refractivity contribution in [3.8, 4) is 0 Å². The van der Waals surface area contributed by atoms with Crippen molar-refractivity contribution in [2.75, 3.05) is 0 Å². The minimum Gasteiger partial charge on any atom is -0.478 e. The van der Waals surface area contributed by atoms with Gasteiger partial charge in [0.2, 0.25) is 0 Å². The largest absolute Gasteiger partial charge is 0.478 e. The van der Waals surface area contributed by atoms with Gasteiger partial charge >= 0.3 is 5.97 Å². The molecule has 4 heteroatoms. The molecule has 4 nitrogen and oxygen atoms in total. The van der Waals surface area contributed by atoms with Gasteiger partial charge in [0, 0.05) is 17.9 Å². The summed E-state index contributed by atoms with van der Waals surface area (Å²) in [5.41, 5.74) is 0.0908. The van der Waals surface area contributed by atoms with Crippen molar-refractivity contribution < 1.29 is 20.1 Å². The molecule has 0 bridgehead atoms. The van der Waals surface area contributed by atoms with Gasteiger partial charge in [-0.25, -0.2) is 4.79 Å². The van der Waals surface area contributed by atoms with Crippen LogP contribution in [0.25, 0.3) is 0 Å². The molecule has 12 heavy (non-hydrogen) atoms. The molecule has 1 rings (SSSR count). The zero-order valence-electron chi connectivity index (χ0n) is 6.77. The number of aliphatic hydroxyl groups excluding tert-OH is 2. The zero-order valence-corrected chi connectivity index (χ0v) is 6.77. The molecule has 68 valence electrons. The maximum absolute atomic E-state index is 10.5. The number of carboxylic acid groups (broad SMARTS) is 1. The van der Waals surface area contributed by atoms with E-state index in [2.05, 4.69) is 0 Å². The Morgan fingerprint density at radius 3 is 2.58 bits per heavy atom. The monoisotopic (exact) mass is 172 g/mol. The number of carbonyl (C=O) groups is 1. The van der Waals surface area contributed by atoms with Crippen LogP contribution in [0.5, 0.6) is 0 Å². The summed E-state index contributed by atoms with van der Waals surface area (Å²) in [6, 6.07) is 0. The summed E-state index contributed by atoms with van der Waals surface area (Å²) < 4.78 is 0. The Bertz CT molecular complexity index is 221. The van der Waals surface area contributed by atoms with Crippen LogP contribution in [0.2, 0.25) is 0 Å². The highest BCUT2D eigenvalue weighted by Gasteiger charge is 2.29. The Hall–Kier alpha value is -0.870. The van der Waals surface area contributed by atoms with Crippen molar-refractivity contribution in [3.05, 3.63) is 11.6 Å². The number of carboxylic acids is 1. The van der Waals surface area contributed by atoms with Crippen molar-refractivity contribution in [1.29, 1.82) is 0 Å². The van der Waals surface area contributed by atoms with Crippen molar-refractivity contribution >= 4 is 5.97 Å². The number of aliphatic hydroxyl groups is 2. The van der Waals surface area contributed by atoms with Gasteiger partial charge in [-0.05, 0) is 6.08 Å². The Morgan fingerprint density at radius 1 is 1.58 bits per heavy atom. The quantitative estimate of drug-likeness (QED) is 0.510. The van der Waals surface area contributed by atoms with E-state index >= 15 is 0 Å². The highest BCUT2D eigenvalue weighted by Crippen LogP contribution is 2.23. The third kappa shape index (κ3) is 1.65. The highest BCUT2D eigenvalue weighted by atomic mass is 16.4. The van der Waals surface area contributed by atoms with Crippen LogP contribution in [0.4, 0.5) is 0 Å². The molecule has 0 fully saturated rings. The molecular weight excluding hydrogens is 160 g/mol. The molecule has 0 aliphatic heterocycles. The summed E-state index contributed by atoms with van der Waals surface area (Å²) in [5.74, 6) is -1.35. The van der Waals surface area contributed by atoms with Gasteiger partial charge in [-0.2, -0.15) is 0 Å². The lowest BCUT2D eigenvalue weighted by atomic mass is 9.86. The van der Waals surface area contributed by atoms with E-state index in [1.54, 1.807) is 6.92 Å². The Balaban J connectivity index is 2.81. The van der Waals surface area contributed by atoms with Gasteiger partial charge in [-0.15, -0.1) is 0 Å². The Labute approximate surface area is 70.1 Å². The van der Waals surface area contributed by atoms with Gasteiger partial charge in [-0.1, -0.05) is 6.92 Å². The number of rotatable bonds is 1. The number of aliphatic carboxylic acids is 1. The first-order valence-corrected chi connectivity index (χ1v) is 3.82. The molecule has 0 saturated heterocycles. The first kappa shape index (κ1) is 9.22. The normalized spacial score (nSPS) is 35.9. The van der Waals surface area contributed by atoms with Crippen LogP contribution in [0.1, 0.15) is 13.3 Å². The second kappa shape index (κ2) is 3.25. The van der Waals surface area contributed by atoms with Gasteiger partial charge < -0.3 is 15.3 Å². The van der Waals surface area contributed by atoms with Crippen LogP contribution in [-0.4, -0.2) is 33.5 Å². The first-order valence-electron chi connectivity index (χ1n) is 3.82. The van der Waals surface area contributed by atoms with Crippen molar-refractivity contribution in [1.82, 2.24) is 0 Å². The molecule has 0 radical (unpaired) electrons. The van der Waals surface area contributed by atoms with E-state index in [1.807, 2.05) is 0 Å². The molecule has 0 saturated carbocycles. The molecular formula is C8H12O4. The summed E-state index contributed by atoms with van der Waals surface area (Å²) >= 11 is 0. The smallest absolute Gasteiger partial charge is 0.331 e. The van der Waals surface area contributed by atoms with Gasteiger partial charge in [0.25, 0.3) is 0 Å². The van der Waals surface area contributed by atoms with Crippen molar-refractivity contribution in [2.45, 2.75) is 25.6 Å². The van der Waals surface area contributed by atoms with E-state index in [1.165, 1.54) is 6.08 Å². The van der Waals surface area contributed by atoms with Gasteiger partial charge in [0.1, 0.15) is 0 Å². The molecule has 3 N–H and O–H groups in total. The van der Waals surface area contributed by atoms with Gasteiger partial charge in [-0.3, -0.25) is 0 Å². The SMILES string of the molecule is C[C@@H]1[C@@H](O)C=C(C(=O)O)C[C@@H]1O. The molecule has 3 atom stereocenters. The van der Waals surface area contributed by atoms with E-state index < -0.39 is 18.2 Å². The van der Waals surface area contributed by atoms with Crippen LogP contribution < -0.4 is 0 Å². The third-order valence-corrected chi connectivity index (χ3v) is 2.22.